The van der Waals surface area contributed by atoms with Gasteiger partial charge in [-0.3, -0.25) is 9.89 Å². The summed E-state index contributed by atoms with van der Waals surface area (Å²) in [5.41, 5.74) is 1.89. The summed E-state index contributed by atoms with van der Waals surface area (Å²) in [5.74, 6) is 1.33. The zero-order chi connectivity index (χ0) is 16.1. The number of carbonyl (C=O) groups is 1. The molecule has 0 aliphatic carbocycles. The van der Waals surface area contributed by atoms with Crippen molar-refractivity contribution in [2.75, 3.05) is 42.5 Å². The van der Waals surface area contributed by atoms with Gasteiger partial charge < -0.3 is 15.1 Å². The minimum absolute atomic E-state index is 0.164. The average molecular weight is 325 g/mol. The van der Waals surface area contributed by atoms with E-state index in [2.05, 4.69) is 32.5 Å². The molecule has 126 valence electrons. The maximum absolute atomic E-state index is 13.0. The Morgan fingerprint density at radius 3 is 2.79 bits per heavy atom. The first-order valence-electron chi connectivity index (χ1n) is 9.03. The van der Waals surface area contributed by atoms with E-state index in [1.54, 1.807) is 0 Å². The summed E-state index contributed by atoms with van der Waals surface area (Å²) in [7, 11) is 0. The Morgan fingerprint density at radius 2 is 2.00 bits per heavy atom. The lowest BCUT2D eigenvalue weighted by Gasteiger charge is -2.22. The minimum atomic E-state index is -0.164. The number of carbonyl (C=O) groups excluding carboxylic acids is 1. The quantitative estimate of drug-likeness (QED) is 0.885. The molecule has 1 aromatic carbocycles. The third kappa shape index (κ3) is 1.99. The average Bonchev–Trinajstić information content (AvgIpc) is 3.37. The first kappa shape index (κ1) is 14.3. The molecule has 1 unspecified atom stereocenters. The predicted molar refractivity (Wildman–Crippen MR) is 94.4 cm³/mol. The Hall–Kier alpha value is -2.08. The van der Waals surface area contributed by atoms with Crippen LogP contribution in [0.15, 0.2) is 18.2 Å². The van der Waals surface area contributed by atoms with Crippen molar-refractivity contribution in [3.05, 3.63) is 18.2 Å². The fraction of sp³-hybridized carbons (Fsp3) is 0.556. The van der Waals surface area contributed by atoms with Crippen LogP contribution in [0.2, 0.25) is 0 Å². The van der Waals surface area contributed by atoms with Crippen molar-refractivity contribution in [2.45, 2.75) is 25.7 Å². The summed E-state index contributed by atoms with van der Waals surface area (Å²) in [5, 5.41) is 12.2. The summed E-state index contributed by atoms with van der Waals surface area (Å²) >= 11 is 0. The number of benzene rings is 1. The van der Waals surface area contributed by atoms with Gasteiger partial charge in [-0.15, -0.1) is 0 Å². The van der Waals surface area contributed by atoms with E-state index in [0.717, 1.165) is 68.0 Å². The minimum Gasteiger partial charge on any atom is -0.355 e. The fourth-order valence-electron chi connectivity index (χ4n) is 4.53. The van der Waals surface area contributed by atoms with Gasteiger partial charge in [0.2, 0.25) is 5.91 Å². The molecule has 4 heterocycles. The lowest BCUT2D eigenvalue weighted by atomic mass is 9.86. The third-order valence-corrected chi connectivity index (χ3v) is 6.00. The molecule has 2 aromatic rings. The molecule has 3 saturated heterocycles. The van der Waals surface area contributed by atoms with E-state index in [1.807, 2.05) is 11.0 Å². The normalized spacial score (nSPS) is 27.2. The van der Waals surface area contributed by atoms with E-state index < -0.39 is 0 Å². The molecule has 3 aliphatic rings. The molecular weight excluding hydrogens is 302 g/mol. The monoisotopic (exact) mass is 325 g/mol. The van der Waals surface area contributed by atoms with Gasteiger partial charge in [0.25, 0.3) is 0 Å². The molecule has 2 N–H and O–H groups in total. The molecule has 3 aliphatic heterocycles. The number of hydrogen-bond acceptors (Lipinski definition) is 4. The predicted octanol–water partition coefficient (Wildman–Crippen LogP) is 1.88. The van der Waals surface area contributed by atoms with Crippen LogP contribution in [0.3, 0.4) is 0 Å². The van der Waals surface area contributed by atoms with Crippen LogP contribution in [0.1, 0.15) is 25.7 Å². The second-order valence-electron chi connectivity index (χ2n) is 7.39. The summed E-state index contributed by atoms with van der Waals surface area (Å²) in [6.45, 7) is 4.75. The number of nitrogens with zero attached hydrogens (tertiary/aromatic N) is 3. The van der Waals surface area contributed by atoms with Crippen molar-refractivity contribution in [1.29, 1.82) is 0 Å². The molecule has 5 rings (SSSR count). The van der Waals surface area contributed by atoms with Gasteiger partial charge in [-0.2, -0.15) is 5.10 Å². The highest BCUT2D eigenvalue weighted by molar-refractivity contribution is 6.03. The van der Waals surface area contributed by atoms with Gasteiger partial charge >= 0.3 is 0 Å². The van der Waals surface area contributed by atoms with Crippen LogP contribution in [-0.4, -0.2) is 48.8 Å². The zero-order valence-electron chi connectivity index (χ0n) is 13.8. The second kappa shape index (κ2) is 5.21. The topological polar surface area (TPSA) is 64.3 Å². The highest BCUT2D eigenvalue weighted by Crippen LogP contribution is 2.40. The van der Waals surface area contributed by atoms with E-state index in [9.17, 15) is 4.79 Å². The molecule has 6 nitrogen and oxygen atoms in total. The van der Waals surface area contributed by atoms with E-state index in [0.29, 0.717) is 0 Å². The Morgan fingerprint density at radius 1 is 1.12 bits per heavy atom. The van der Waals surface area contributed by atoms with Crippen LogP contribution in [-0.2, 0) is 4.79 Å². The molecule has 1 amide bonds. The number of fused-ring (bicyclic) bond motifs is 1. The molecule has 0 radical (unpaired) electrons. The smallest absolute Gasteiger partial charge is 0.234 e. The zero-order valence-corrected chi connectivity index (χ0v) is 13.8. The molecule has 0 bridgehead atoms. The van der Waals surface area contributed by atoms with Crippen LogP contribution in [0.4, 0.5) is 11.5 Å². The highest BCUT2D eigenvalue weighted by atomic mass is 16.2. The number of H-pyrrole nitrogens is 1. The highest BCUT2D eigenvalue weighted by Gasteiger charge is 2.48. The van der Waals surface area contributed by atoms with Crippen molar-refractivity contribution >= 4 is 28.3 Å². The van der Waals surface area contributed by atoms with Crippen LogP contribution < -0.4 is 15.1 Å². The molecule has 0 saturated carbocycles. The maximum Gasteiger partial charge on any atom is 0.234 e. The summed E-state index contributed by atoms with van der Waals surface area (Å²) < 4.78 is 0. The number of hydrogen-bond donors (Lipinski definition) is 2. The Balaban J connectivity index is 1.51. The molecule has 1 spiro atoms. The summed E-state index contributed by atoms with van der Waals surface area (Å²) in [6.07, 6.45) is 4.39. The summed E-state index contributed by atoms with van der Waals surface area (Å²) in [6, 6.07) is 6.25. The lowest BCUT2D eigenvalue weighted by Crippen LogP contribution is -2.36. The number of aromatic amines is 1. The van der Waals surface area contributed by atoms with E-state index in [1.165, 1.54) is 12.8 Å². The standard InChI is InChI=1S/C18H23N5O/c24-17-18(5-7-19-12-18)6-10-23(17)13-3-4-15-14(11-13)16(21-20-15)22-8-1-2-9-22/h3-4,11,19H,1-2,5-10,12H2,(H,20,21). The van der Waals surface area contributed by atoms with Crippen molar-refractivity contribution in [1.82, 2.24) is 15.5 Å². The van der Waals surface area contributed by atoms with Crippen molar-refractivity contribution in [3.63, 3.8) is 0 Å². The van der Waals surface area contributed by atoms with Crippen LogP contribution in [0.25, 0.3) is 10.9 Å². The van der Waals surface area contributed by atoms with Gasteiger partial charge in [0.1, 0.15) is 0 Å². The SMILES string of the molecule is O=C1N(c2ccc3[nH]nc(N4CCCC4)c3c2)CCC12CCNC2. The molecule has 1 aromatic heterocycles. The van der Waals surface area contributed by atoms with E-state index >= 15 is 0 Å². The van der Waals surface area contributed by atoms with Crippen LogP contribution >= 0.6 is 0 Å². The largest absolute Gasteiger partial charge is 0.355 e. The van der Waals surface area contributed by atoms with Crippen molar-refractivity contribution in [3.8, 4) is 0 Å². The number of aromatic nitrogens is 2. The van der Waals surface area contributed by atoms with Gasteiger partial charge in [0, 0.05) is 37.3 Å². The molecule has 3 fully saturated rings. The number of anilines is 2. The Labute approximate surface area is 141 Å². The van der Waals surface area contributed by atoms with Crippen molar-refractivity contribution in [2.24, 2.45) is 5.41 Å². The fourth-order valence-corrected chi connectivity index (χ4v) is 4.53. The molecule has 24 heavy (non-hydrogen) atoms. The van der Waals surface area contributed by atoms with Gasteiger partial charge in [-0.25, -0.2) is 0 Å². The van der Waals surface area contributed by atoms with E-state index in [4.69, 9.17) is 0 Å². The Kier molecular flexibility index (Phi) is 3.10. The first-order chi connectivity index (χ1) is 11.8. The van der Waals surface area contributed by atoms with Crippen LogP contribution in [0.5, 0.6) is 0 Å². The Bertz CT molecular complexity index is 786. The van der Waals surface area contributed by atoms with Gasteiger partial charge in [-0.1, -0.05) is 0 Å². The van der Waals surface area contributed by atoms with Gasteiger partial charge in [-0.05, 0) is 50.4 Å². The molecule has 6 heteroatoms. The molecular formula is C18H23N5O. The van der Waals surface area contributed by atoms with Crippen molar-refractivity contribution < 1.29 is 4.79 Å². The molecule has 1 atom stereocenters. The number of nitrogens with one attached hydrogen (secondary N) is 2. The maximum atomic E-state index is 13.0. The second-order valence-corrected chi connectivity index (χ2v) is 7.39. The summed E-state index contributed by atoms with van der Waals surface area (Å²) in [4.78, 5) is 17.3. The van der Waals surface area contributed by atoms with Gasteiger partial charge in [0.15, 0.2) is 5.82 Å². The third-order valence-electron chi connectivity index (χ3n) is 6.00. The lowest BCUT2D eigenvalue weighted by molar-refractivity contribution is -0.124. The number of amides is 1. The first-order valence-corrected chi connectivity index (χ1v) is 9.03. The number of rotatable bonds is 2. The van der Waals surface area contributed by atoms with E-state index in [-0.39, 0.29) is 11.3 Å². The van der Waals surface area contributed by atoms with Crippen LogP contribution in [0, 0.1) is 5.41 Å². The van der Waals surface area contributed by atoms with Gasteiger partial charge in [0.05, 0.1) is 10.9 Å².